The molecule has 3 N–H and O–H groups in total. The van der Waals surface area contributed by atoms with E-state index in [1.165, 1.54) is 205 Å². The lowest BCUT2D eigenvalue weighted by atomic mass is 9.99. The molecular formula is C77H150O17P2. The third-order valence-electron chi connectivity index (χ3n) is 18.3. The number of phosphoric ester groups is 2. The van der Waals surface area contributed by atoms with Crippen LogP contribution in [-0.2, 0) is 65.4 Å². The fourth-order valence-corrected chi connectivity index (χ4v) is 13.4. The van der Waals surface area contributed by atoms with Gasteiger partial charge in [-0.2, -0.15) is 0 Å². The zero-order chi connectivity index (χ0) is 70.7. The first kappa shape index (κ1) is 94.1. The number of carbonyl (C=O) groups excluding carboxylic acids is 4. The average molecular weight is 1410 g/mol. The van der Waals surface area contributed by atoms with Crippen LogP contribution in [0.25, 0.3) is 0 Å². The number of aliphatic hydroxyl groups excluding tert-OH is 1. The smallest absolute Gasteiger partial charge is 0.462 e. The predicted molar refractivity (Wildman–Crippen MR) is 391 cm³/mol. The lowest BCUT2D eigenvalue weighted by Gasteiger charge is -2.21. The summed E-state index contributed by atoms with van der Waals surface area (Å²) < 4.78 is 68.4. The Hall–Kier alpha value is -1.94. The van der Waals surface area contributed by atoms with Gasteiger partial charge in [0, 0.05) is 25.7 Å². The summed E-state index contributed by atoms with van der Waals surface area (Å²) in [7, 11) is -9.90. The molecular weight excluding hydrogens is 1260 g/mol. The molecule has 0 rings (SSSR count). The van der Waals surface area contributed by atoms with Gasteiger partial charge < -0.3 is 33.8 Å². The molecule has 0 radical (unpaired) electrons. The van der Waals surface area contributed by atoms with Gasteiger partial charge in [0.15, 0.2) is 12.2 Å². The zero-order valence-corrected chi connectivity index (χ0v) is 64.5. The van der Waals surface area contributed by atoms with Gasteiger partial charge in [-0.1, -0.05) is 350 Å². The fourth-order valence-electron chi connectivity index (χ4n) is 11.8. The monoisotopic (exact) mass is 1410 g/mol. The highest BCUT2D eigenvalue weighted by Crippen LogP contribution is 2.45. The molecule has 0 amide bonds. The van der Waals surface area contributed by atoms with Crippen molar-refractivity contribution in [1.82, 2.24) is 0 Å². The number of carbonyl (C=O) groups is 4. The molecule has 0 spiro atoms. The Morgan fingerprint density at radius 3 is 0.792 bits per heavy atom. The minimum Gasteiger partial charge on any atom is -0.462 e. The van der Waals surface area contributed by atoms with Gasteiger partial charge in [-0.15, -0.1) is 0 Å². The molecule has 0 aliphatic rings. The van der Waals surface area contributed by atoms with Crippen molar-refractivity contribution in [2.24, 2.45) is 11.8 Å². The molecule has 17 nitrogen and oxygen atoms in total. The number of hydrogen-bond donors (Lipinski definition) is 3. The molecule has 0 aliphatic carbocycles. The highest BCUT2D eigenvalue weighted by atomic mass is 31.2. The number of phosphoric acid groups is 2. The van der Waals surface area contributed by atoms with E-state index in [1.807, 2.05) is 0 Å². The molecule has 0 saturated heterocycles. The Balaban J connectivity index is 5.15. The molecule has 0 aromatic carbocycles. The quantitative estimate of drug-likeness (QED) is 0.0222. The molecule has 0 heterocycles. The van der Waals surface area contributed by atoms with E-state index in [0.717, 1.165) is 109 Å². The Labute approximate surface area is 588 Å². The summed E-state index contributed by atoms with van der Waals surface area (Å²) >= 11 is 0. The van der Waals surface area contributed by atoms with Gasteiger partial charge in [-0.3, -0.25) is 37.3 Å². The van der Waals surface area contributed by atoms with Crippen LogP contribution in [0.1, 0.15) is 401 Å². The number of esters is 4. The number of hydrogen-bond acceptors (Lipinski definition) is 15. The Kier molecular flexibility index (Phi) is 67.4. The van der Waals surface area contributed by atoms with Crippen molar-refractivity contribution < 1.29 is 80.2 Å². The van der Waals surface area contributed by atoms with Crippen LogP contribution in [0.3, 0.4) is 0 Å². The predicted octanol–water partition coefficient (Wildman–Crippen LogP) is 22.7. The molecule has 19 heteroatoms. The van der Waals surface area contributed by atoms with Crippen LogP contribution in [0, 0.1) is 11.8 Å². The van der Waals surface area contributed by atoms with Crippen LogP contribution in [0.15, 0.2) is 0 Å². The second-order valence-corrected chi connectivity index (χ2v) is 31.4. The first-order valence-corrected chi connectivity index (χ1v) is 43.0. The van der Waals surface area contributed by atoms with Gasteiger partial charge >= 0.3 is 39.5 Å². The van der Waals surface area contributed by atoms with Gasteiger partial charge in [-0.25, -0.2) is 9.13 Å². The lowest BCUT2D eigenvalue weighted by Crippen LogP contribution is -2.30. The van der Waals surface area contributed by atoms with E-state index in [4.69, 9.17) is 37.0 Å². The average Bonchev–Trinajstić information content (AvgIpc) is 1.24. The van der Waals surface area contributed by atoms with E-state index in [1.54, 1.807) is 0 Å². The van der Waals surface area contributed by atoms with Crippen LogP contribution in [0.5, 0.6) is 0 Å². The van der Waals surface area contributed by atoms with Crippen molar-refractivity contribution in [3.05, 3.63) is 0 Å². The third kappa shape index (κ3) is 69.2. The first-order chi connectivity index (χ1) is 46.4. The number of ether oxygens (including phenoxy) is 4. The molecule has 6 atom stereocenters. The number of unbranched alkanes of at least 4 members (excludes halogenated alkanes) is 45. The van der Waals surface area contributed by atoms with Crippen molar-refractivity contribution in [2.75, 3.05) is 39.6 Å². The van der Waals surface area contributed by atoms with E-state index < -0.39 is 97.5 Å². The molecule has 0 fully saturated rings. The second-order valence-electron chi connectivity index (χ2n) is 28.5. The molecule has 0 bridgehead atoms. The molecule has 0 aromatic heterocycles. The lowest BCUT2D eigenvalue weighted by molar-refractivity contribution is -0.161. The van der Waals surface area contributed by atoms with E-state index in [9.17, 15) is 43.2 Å². The van der Waals surface area contributed by atoms with Gasteiger partial charge in [0.05, 0.1) is 26.4 Å². The van der Waals surface area contributed by atoms with Crippen LogP contribution in [-0.4, -0.2) is 96.7 Å². The number of aliphatic hydroxyl groups is 1. The number of rotatable bonds is 76. The largest absolute Gasteiger partial charge is 0.472 e. The zero-order valence-electron chi connectivity index (χ0n) is 62.7. The molecule has 0 saturated carbocycles. The second kappa shape index (κ2) is 68.8. The van der Waals surface area contributed by atoms with Gasteiger partial charge in [0.2, 0.25) is 0 Å². The molecule has 3 unspecified atom stereocenters. The van der Waals surface area contributed by atoms with Crippen LogP contribution < -0.4 is 0 Å². The summed E-state index contributed by atoms with van der Waals surface area (Å²) in [6, 6.07) is 0. The Morgan fingerprint density at radius 1 is 0.302 bits per heavy atom. The van der Waals surface area contributed by atoms with Crippen molar-refractivity contribution in [1.29, 1.82) is 0 Å². The molecule has 96 heavy (non-hydrogen) atoms. The SMILES string of the molecule is CCCCCCCCCCCCCCCCCCCC(=O)OC[C@H](COP(=O)(O)OC[C@@H](O)COP(=O)(O)OC[C@@H](COC(=O)CCCCCCCCC)OC(=O)CCCCCCCCCC(C)C)OC(=O)CCCCCCCCCCCCCCCCCCCCC(C)CC. The summed E-state index contributed by atoms with van der Waals surface area (Å²) in [5.74, 6) is -0.555. The van der Waals surface area contributed by atoms with Gasteiger partial charge in [-0.05, 0) is 37.5 Å². The van der Waals surface area contributed by atoms with Gasteiger partial charge in [0.1, 0.15) is 19.3 Å². The topological polar surface area (TPSA) is 237 Å². The molecule has 0 aliphatic heterocycles. The summed E-state index contributed by atoms with van der Waals surface area (Å²) in [4.78, 5) is 72.6. The van der Waals surface area contributed by atoms with Crippen molar-refractivity contribution in [3.63, 3.8) is 0 Å². The van der Waals surface area contributed by atoms with Crippen molar-refractivity contribution >= 4 is 39.5 Å². The highest BCUT2D eigenvalue weighted by molar-refractivity contribution is 7.47. The Morgan fingerprint density at radius 2 is 0.531 bits per heavy atom. The maximum absolute atomic E-state index is 13.1. The minimum absolute atomic E-state index is 0.103. The van der Waals surface area contributed by atoms with Crippen LogP contribution in [0.2, 0.25) is 0 Å². The van der Waals surface area contributed by atoms with Crippen LogP contribution in [0.4, 0.5) is 0 Å². The standard InChI is InChI=1S/C77H150O17P2/c1-7-10-12-14-16-17-18-19-20-23-27-30-33-36-42-48-54-60-75(80)88-66-73(93-76(81)61-55-49-43-37-34-31-28-25-22-21-24-26-29-32-35-41-46-52-58-70(6)9-3)68-92-96(85,86)90-64-71(78)63-89-95(83,84)91-67-72(65-87-74(79)59-53-47-39-15-13-11-8-2)94-77(82)62-56-50-44-38-40-45-51-57-69(4)5/h69-73,78H,7-68H2,1-6H3,(H,83,84)(H,85,86)/t70?,71-,72+,73+/m0/s1. The Bertz CT molecular complexity index is 1860. The molecule has 570 valence electrons. The van der Waals surface area contributed by atoms with Crippen molar-refractivity contribution in [2.45, 2.75) is 419 Å². The normalized spacial score (nSPS) is 14.3. The maximum Gasteiger partial charge on any atom is 0.472 e. The van der Waals surface area contributed by atoms with E-state index in [0.29, 0.717) is 31.6 Å². The summed E-state index contributed by atoms with van der Waals surface area (Å²) in [6.07, 6.45) is 57.3. The fraction of sp³-hybridized carbons (Fsp3) is 0.948. The maximum atomic E-state index is 13.1. The van der Waals surface area contributed by atoms with Crippen LogP contribution >= 0.6 is 15.6 Å². The third-order valence-corrected chi connectivity index (χ3v) is 20.2. The summed E-state index contributed by atoms with van der Waals surface area (Å²) in [6.45, 7) is 9.56. The summed E-state index contributed by atoms with van der Waals surface area (Å²) in [5, 5.41) is 10.6. The summed E-state index contributed by atoms with van der Waals surface area (Å²) in [5.41, 5.74) is 0. The van der Waals surface area contributed by atoms with E-state index in [-0.39, 0.29) is 25.7 Å². The van der Waals surface area contributed by atoms with Gasteiger partial charge in [0.25, 0.3) is 0 Å². The molecule has 0 aromatic rings. The van der Waals surface area contributed by atoms with Crippen molar-refractivity contribution in [3.8, 4) is 0 Å². The highest BCUT2D eigenvalue weighted by Gasteiger charge is 2.30. The first-order valence-electron chi connectivity index (χ1n) is 40.0. The van der Waals surface area contributed by atoms with E-state index in [2.05, 4.69) is 41.5 Å². The minimum atomic E-state index is -4.96. The van der Waals surface area contributed by atoms with E-state index >= 15 is 0 Å².